The third kappa shape index (κ3) is 3.18. The Morgan fingerprint density at radius 1 is 1.30 bits per heavy atom. The Kier molecular flexibility index (Phi) is 4.27. The van der Waals surface area contributed by atoms with Crippen molar-refractivity contribution in [3.05, 3.63) is 41.6 Å². The SMILES string of the molecule is Cc1nn(-c2ccccc2)c(N2CCCC2)c1/C=N/NC(N)=O. The number of hydrogen-bond acceptors (Lipinski definition) is 4. The highest BCUT2D eigenvalue weighted by atomic mass is 16.2. The molecule has 2 aromatic rings. The summed E-state index contributed by atoms with van der Waals surface area (Å²) in [5, 5.41) is 8.57. The number of urea groups is 1. The summed E-state index contributed by atoms with van der Waals surface area (Å²) in [5.41, 5.74) is 10.0. The minimum atomic E-state index is -0.683. The van der Waals surface area contributed by atoms with Gasteiger partial charge >= 0.3 is 6.03 Å². The van der Waals surface area contributed by atoms with Crippen molar-refractivity contribution >= 4 is 18.1 Å². The molecule has 1 aromatic carbocycles. The van der Waals surface area contributed by atoms with Crippen LogP contribution in [0.4, 0.5) is 10.6 Å². The number of aromatic nitrogens is 2. The highest BCUT2D eigenvalue weighted by Crippen LogP contribution is 2.28. The fourth-order valence-corrected chi connectivity index (χ4v) is 2.82. The molecule has 23 heavy (non-hydrogen) atoms. The third-order valence-electron chi connectivity index (χ3n) is 3.86. The topological polar surface area (TPSA) is 88.5 Å². The number of nitrogens with one attached hydrogen (secondary N) is 1. The van der Waals surface area contributed by atoms with Gasteiger partial charge in [0.25, 0.3) is 0 Å². The van der Waals surface area contributed by atoms with Crippen LogP contribution in [0.1, 0.15) is 24.1 Å². The molecule has 0 atom stereocenters. The van der Waals surface area contributed by atoms with Crippen LogP contribution in [-0.2, 0) is 0 Å². The number of nitrogens with two attached hydrogens (primary N) is 1. The number of hydrogen-bond donors (Lipinski definition) is 2. The first-order chi connectivity index (χ1) is 11.2. The lowest BCUT2D eigenvalue weighted by molar-refractivity contribution is 0.249. The molecule has 2 amide bonds. The number of para-hydroxylation sites is 1. The van der Waals surface area contributed by atoms with Crippen LogP contribution in [-0.4, -0.2) is 35.1 Å². The van der Waals surface area contributed by atoms with Crippen molar-refractivity contribution in [2.75, 3.05) is 18.0 Å². The number of anilines is 1. The van der Waals surface area contributed by atoms with Gasteiger partial charge in [-0.25, -0.2) is 14.9 Å². The molecule has 1 aliphatic rings. The van der Waals surface area contributed by atoms with E-state index in [9.17, 15) is 4.79 Å². The molecular weight excluding hydrogens is 292 g/mol. The fourth-order valence-electron chi connectivity index (χ4n) is 2.82. The summed E-state index contributed by atoms with van der Waals surface area (Å²) in [6.07, 6.45) is 3.93. The van der Waals surface area contributed by atoms with Crippen LogP contribution >= 0.6 is 0 Å². The van der Waals surface area contributed by atoms with E-state index in [1.165, 1.54) is 0 Å². The van der Waals surface area contributed by atoms with Crippen LogP contribution < -0.4 is 16.1 Å². The second-order valence-corrected chi connectivity index (χ2v) is 5.50. The number of primary amides is 1. The monoisotopic (exact) mass is 312 g/mol. The number of benzene rings is 1. The summed E-state index contributed by atoms with van der Waals surface area (Å²) in [5.74, 6) is 1.00. The average molecular weight is 312 g/mol. The summed E-state index contributed by atoms with van der Waals surface area (Å²) >= 11 is 0. The van der Waals surface area contributed by atoms with Crippen molar-refractivity contribution in [2.24, 2.45) is 10.8 Å². The lowest BCUT2D eigenvalue weighted by atomic mass is 10.2. The molecule has 7 nitrogen and oxygen atoms in total. The maximum absolute atomic E-state index is 10.8. The maximum Gasteiger partial charge on any atom is 0.332 e. The van der Waals surface area contributed by atoms with E-state index in [0.717, 1.165) is 48.7 Å². The fraction of sp³-hybridized carbons (Fsp3) is 0.312. The number of aryl methyl sites for hydroxylation is 1. The highest BCUT2D eigenvalue weighted by molar-refractivity contribution is 5.89. The van der Waals surface area contributed by atoms with Gasteiger partial charge in [0.05, 0.1) is 23.2 Å². The first kappa shape index (κ1) is 15.1. The molecule has 7 heteroatoms. The Bertz CT molecular complexity index is 716. The summed E-state index contributed by atoms with van der Waals surface area (Å²) < 4.78 is 1.94. The largest absolute Gasteiger partial charge is 0.356 e. The zero-order chi connectivity index (χ0) is 16.2. The van der Waals surface area contributed by atoms with Gasteiger partial charge in [0.2, 0.25) is 0 Å². The van der Waals surface area contributed by atoms with E-state index in [4.69, 9.17) is 5.73 Å². The molecule has 0 bridgehead atoms. The Balaban J connectivity index is 2.06. The summed E-state index contributed by atoms with van der Waals surface area (Å²) in [6, 6.07) is 9.32. The van der Waals surface area contributed by atoms with Gasteiger partial charge < -0.3 is 10.6 Å². The zero-order valence-electron chi connectivity index (χ0n) is 13.1. The lowest BCUT2D eigenvalue weighted by Crippen LogP contribution is -2.25. The summed E-state index contributed by atoms with van der Waals surface area (Å²) in [6.45, 7) is 3.91. The van der Waals surface area contributed by atoms with Crippen molar-refractivity contribution in [1.82, 2.24) is 15.2 Å². The molecule has 0 unspecified atom stereocenters. The standard InChI is InChI=1S/C16H20N6O/c1-12-14(11-18-19-16(17)23)15(21-9-5-6-10-21)22(20-12)13-7-3-2-4-8-13/h2-4,7-8,11H,5-6,9-10H2,1H3,(H3,17,19,23)/b18-11+. The number of hydrazone groups is 1. The predicted molar refractivity (Wildman–Crippen MR) is 90.1 cm³/mol. The molecular formula is C16H20N6O. The minimum Gasteiger partial charge on any atom is -0.356 e. The Morgan fingerprint density at radius 3 is 2.65 bits per heavy atom. The van der Waals surface area contributed by atoms with Gasteiger partial charge in [-0.2, -0.15) is 10.2 Å². The molecule has 0 radical (unpaired) electrons. The minimum absolute atomic E-state index is 0.683. The molecule has 0 spiro atoms. The summed E-state index contributed by atoms with van der Waals surface area (Å²) in [4.78, 5) is 13.1. The molecule has 1 aromatic heterocycles. The normalized spacial score (nSPS) is 14.6. The van der Waals surface area contributed by atoms with E-state index in [1.54, 1.807) is 6.21 Å². The van der Waals surface area contributed by atoms with Crippen molar-refractivity contribution in [2.45, 2.75) is 19.8 Å². The molecule has 2 heterocycles. The molecule has 3 N–H and O–H groups in total. The van der Waals surface area contributed by atoms with E-state index in [2.05, 4.69) is 20.5 Å². The van der Waals surface area contributed by atoms with Crippen LogP contribution in [0.5, 0.6) is 0 Å². The van der Waals surface area contributed by atoms with Crippen molar-refractivity contribution < 1.29 is 4.79 Å². The second-order valence-electron chi connectivity index (χ2n) is 5.50. The smallest absolute Gasteiger partial charge is 0.332 e. The Morgan fingerprint density at radius 2 is 2.00 bits per heavy atom. The van der Waals surface area contributed by atoms with Crippen LogP contribution in [0, 0.1) is 6.92 Å². The van der Waals surface area contributed by atoms with E-state index in [1.807, 2.05) is 41.9 Å². The Hall–Kier alpha value is -2.83. The summed E-state index contributed by atoms with van der Waals surface area (Å²) in [7, 11) is 0. The van der Waals surface area contributed by atoms with Gasteiger partial charge in [0.15, 0.2) is 0 Å². The Labute approximate surface area is 134 Å². The van der Waals surface area contributed by atoms with Gasteiger partial charge in [-0.15, -0.1) is 0 Å². The molecule has 1 aliphatic heterocycles. The quantitative estimate of drug-likeness (QED) is 0.666. The predicted octanol–water partition coefficient (Wildman–Crippen LogP) is 1.78. The van der Waals surface area contributed by atoms with Crippen LogP contribution in [0.25, 0.3) is 5.69 Å². The molecule has 120 valence electrons. The number of amides is 2. The molecule has 3 rings (SSSR count). The van der Waals surface area contributed by atoms with Gasteiger partial charge in [-0.05, 0) is 31.9 Å². The van der Waals surface area contributed by atoms with E-state index in [0.29, 0.717) is 0 Å². The zero-order valence-corrected chi connectivity index (χ0v) is 13.1. The molecule has 0 saturated carbocycles. The van der Waals surface area contributed by atoms with E-state index in [-0.39, 0.29) is 0 Å². The lowest BCUT2D eigenvalue weighted by Gasteiger charge is -2.20. The maximum atomic E-state index is 10.8. The van der Waals surface area contributed by atoms with Crippen LogP contribution in [0.15, 0.2) is 35.4 Å². The van der Waals surface area contributed by atoms with Crippen LogP contribution in [0.2, 0.25) is 0 Å². The number of rotatable bonds is 4. The van der Waals surface area contributed by atoms with Crippen molar-refractivity contribution in [3.8, 4) is 5.69 Å². The van der Waals surface area contributed by atoms with Gasteiger partial charge in [0.1, 0.15) is 5.82 Å². The van der Waals surface area contributed by atoms with Gasteiger partial charge in [0, 0.05) is 13.1 Å². The van der Waals surface area contributed by atoms with E-state index >= 15 is 0 Å². The first-order valence-corrected chi connectivity index (χ1v) is 7.65. The number of carbonyl (C=O) groups excluding carboxylic acids is 1. The first-order valence-electron chi connectivity index (χ1n) is 7.65. The third-order valence-corrected chi connectivity index (χ3v) is 3.86. The van der Waals surface area contributed by atoms with E-state index < -0.39 is 6.03 Å². The molecule has 0 aliphatic carbocycles. The van der Waals surface area contributed by atoms with Crippen molar-refractivity contribution in [1.29, 1.82) is 0 Å². The van der Waals surface area contributed by atoms with Gasteiger partial charge in [-0.1, -0.05) is 18.2 Å². The number of carbonyl (C=O) groups is 1. The second kappa shape index (κ2) is 6.51. The molecule has 1 saturated heterocycles. The number of nitrogens with zero attached hydrogens (tertiary/aromatic N) is 4. The van der Waals surface area contributed by atoms with Crippen molar-refractivity contribution in [3.63, 3.8) is 0 Å². The average Bonchev–Trinajstić information content (AvgIpc) is 3.16. The van der Waals surface area contributed by atoms with Gasteiger partial charge in [-0.3, -0.25) is 0 Å². The highest BCUT2D eigenvalue weighted by Gasteiger charge is 2.23. The van der Waals surface area contributed by atoms with Crippen LogP contribution in [0.3, 0.4) is 0 Å². The molecule has 1 fully saturated rings.